The number of aliphatic hydroxyl groups is 1. The molecule has 5 rings (SSSR count). The minimum absolute atomic E-state index is 0.215. The third-order valence-corrected chi connectivity index (χ3v) is 6.45. The van der Waals surface area contributed by atoms with E-state index in [4.69, 9.17) is 5.73 Å². The summed E-state index contributed by atoms with van der Waals surface area (Å²) in [7, 11) is 0. The summed E-state index contributed by atoms with van der Waals surface area (Å²) < 4.78 is 0. The largest absolute Gasteiger partial charge is 0.390 e. The molecular formula is C18H26N4O2. The van der Waals surface area contributed by atoms with Gasteiger partial charge >= 0.3 is 0 Å². The van der Waals surface area contributed by atoms with Crippen LogP contribution in [0.3, 0.4) is 0 Å². The van der Waals surface area contributed by atoms with Crippen LogP contribution in [0.2, 0.25) is 0 Å². The van der Waals surface area contributed by atoms with E-state index in [2.05, 4.69) is 15.3 Å². The smallest absolute Gasteiger partial charge is 0.254 e. The van der Waals surface area contributed by atoms with Gasteiger partial charge in [-0.05, 0) is 63.2 Å². The number of fused-ring (bicyclic) bond motifs is 3. The van der Waals surface area contributed by atoms with E-state index in [9.17, 15) is 9.90 Å². The number of hydrogen-bond acceptors (Lipinski definition) is 5. The molecule has 1 aromatic rings. The lowest BCUT2D eigenvalue weighted by atomic mass is 9.57. The van der Waals surface area contributed by atoms with Gasteiger partial charge in [-0.25, -0.2) is 9.97 Å². The molecule has 1 heterocycles. The lowest BCUT2D eigenvalue weighted by Gasteiger charge is -2.50. The predicted octanol–water partition coefficient (Wildman–Crippen LogP) is 2.17. The first-order valence-corrected chi connectivity index (χ1v) is 9.12. The van der Waals surface area contributed by atoms with Crippen LogP contribution in [0.25, 0.3) is 0 Å². The van der Waals surface area contributed by atoms with Crippen LogP contribution in [-0.4, -0.2) is 32.6 Å². The number of rotatable bonds is 5. The van der Waals surface area contributed by atoms with Gasteiger partial charge in [-0.2, -0.15) is 0 Å². The molecule has 0 aliphatic heterocycles. The van der Waals surface area contributed by atoms with E-state index in [-0.39, 0.29) is 5.41 Å². The van der Waals surface area contributed by atoms with Crippen molar-refractivity contribution in [3.8, 4) is 0 Å². The van der Waals surface area contributed by atoms with Gasteiger partial charge in [0, 0.05) is 18.7 Å². The topological polar surface area (TPSA) is 101 Å². The molecule has 0 radical (unpaired) electrons. The first-order chi connectivity index (χ1) is 11.5. The Morgan fingerprint density at radius 1 is 1.25 bits per heavy atom. The molecule has 6 heteroatoms. The zero-order valence-electron chi connectivity index (χ0n) is 14.1. The Kier molecular flexibility index (Phi) is 3.75. The molecule has 4 saturated carbocycles. The number of primary amides is 1. The molecule has 0 unspecified atom stereocenters. The van der Waals surface area contributed by atoms with Crippen molar-refractivity contribution in [1.29, 1.82) is 0 Å². The van der Waals surface area contributed by atoms with Gasteiger partial charge in [0.05, 0.1) is 11.2 Å². The van der Waals surface area contributed by atoms with Gasteiger partial charge in [0.2, 0.25) is 0 Å². The van der Waals surface area contributed by atoms with Gasteiger partial charge in [-0.15, -0.1) is 0 Å². The normalized spacial score (nSPS) is 32.4. The molecule has 2 bridgehead atoms. The average Bonchev–Trinajstić information content (AvgIpc) is 2.52. The van der Waals surface area contributed by atoms with Gasteiger partial charge in [0.1, 0.15) is 11.6 Å². The van der Waals surface area contributed by atoms with Crippen molar-refractivity contribution in [3.05, 3.63) is 17.6 Å². The highest BCUT2D eigenvalue weighted by Crippen LogP contribution is 2.53. The third kappa shape index (κ3) is 2.88. The molecule has 0 saturated heterocycles. The summed E-state index contributed by atoms with van der Waals surface area (Å²) in [6, 6.07) is 0.392. The van der Waals surface area contributed by atoms with Crippen LogP contribution >= 0.6 is 0 Å². The summed E-state index contributed by atoms with van der Waals surface area (Å²) in [4.78, 5) is 20.7. The van der Waals surface area contributed by atoms with E-state index in [0.29, 0.717) is 17.4 Å². The summed E-state index contributed by atoms with van der Waals surface area (Å²) in [6.45, 7) is 0. The van der Waals surface area contributed by atoms with Crippen LogP contribution in [0.1, 0.15) is 74.0 Å². The molecule has 0 aromatic carbocycles. The van der Waals surface area contributed by atoms with Crippen molar-refractivity contribution >= 4 is 11.7 Å². The number of nitrogens with one attached hydrogen (secondary N) is 1. The Labute approximate surface area is 142 Å². The van der Waals surface area contributed by atoms with Gasteiger partial charge < -0.3 is 16.2 Å². The Morgan fingerprint density at radius 2 is 1.92 bits per heavy atom. The number of carbonyl (C=O) groups is 1. The first kappa shape index (κ1) is 15.8. The zero-order chi connectivity index (χ0) is 16.8. The van der Waals surface area contributed by atoms with E-state index < -0.39 is 11.5 Å². The van der Waals surface area contributed by atoms with Gasteiger partial charge in [-0.3, -0.25) is 4.79 Å². The van der Waals surface area contributed by atoms with Crippen molar-refractivity contribution in [2.75, 3.05) is 5.32 Å². The van der Waals surface area contributed by atoms with E-state index in [1.807, 2.05) is 0 Å². The second kappa shape index (κ2) is 5.69. The molecular weight excluding hydrogens is 304 g/mol. The fourth-order valence-electron chi connectivity index (χ4n) is 4.38. The third-order valence-electron chi connectivity index (χ3n) is 6.45. The number of nitrogens with zero attached hydrogens (tertiary/aromatic N) is 2. The average molecular weight is 330 g/mol. The van der Waals surface area contributed by atoms with Crippen LogP contribution in [0.5, 0.6) is 0 Å². The summed E-state index contributed by atoms with van der Waals surface area (Å²) in [5.41, 5.74) is 5.64. The maximum Gasteiger partial charge on any atom is 0.254 e. The summed E-state index contributed by atoms with van der Waals surface area (Å²) in [6.07, 6.45) is 11.6. The van der Waals surface area contributed by atoms with Crippen LogP contribution < -0.4 is 11.1 Å². The summed E-state index contributed by atoms with van der Waals surface area (Å²) in [5, 5.41) is 13.7. The molecule has 1 aromatic heterocycles. The maximum atomic E-state index is 11.6. The summed E-state index contributed by atoms with van der Waals surface area (Å²) in [5.74, 6) is 0.896. The number of amides is 1. The Morgan fingerprint density at radius 3 is 2.46 bits per heavy atom. The fourth-order valence-corrected chi connectivity index (χ4v) is 4.38. The molecule has 0 atom stereocenters. The highest BCUT2D eigenvalue weighted by atomic mass is 16.3. The second-order valence-corrected chi connectivity index (χ2v) is 8.09. The summed E-state index contributed by atoms with van der Waals surface area (Å²) >= 11 is 0. The van der Waals surface area contributed by atoms with Crippen LogP contribution in [0.15, 0.2) is 6.20 Å². The van der Waals surface area contributed by atoms with Gasteiger partial charge in [0.25, 0.3) is 5.91 Å². The minimum Gasteiger partial charge on any atom is -0.390 e. The van der Waals surface area contributed by atoms with Crippen LogP contribution in [0, 0.1) is 5.41 Å². The molecule has 130 valence electrons. The van der Waals surface area contributed by atoms with Crippen LogP contribution in [0.4, 0.5) is 5.82 Å². The van der Waals surface area contributed by atoms with E-state index in [0.717, 1.165) is 63.6 Å². The maximum absolute atomic E-state index is 11.6. The second-order valence-electron chi connectivity index (χ2n) is 8.09. The van der Waals surface area contributed by atoms with Crippen molar-refractivity contribution < 1.29 is 9.90 Å². The lowest BCUT2D eigenvalue weighted by molar-refractivity contribution is -0.0920. The monoisotopic (exact) mass is 330 g/mol. The Balaban J connectivity index is 1.54. The van der Waals surface area contributed by atoms with E-state index in [1.165, 1.54) is 6.42 Å². The molecule has 4 N–H and O–H groups in total. The van der Waals surface area contributed by atoms with Crippen molar-refractivity contribution in [2.45, 2.75) is 75.9 Å². The fraction of sp³-hybridized carbons (Fsp3) is 0.722. The van der Waals surface area contributed by atoms with E-state index >= 15 is 0 Å². The highest BCUT2D eigenvalue weighted by Gasteiger charge is 2.47. The molecule has 6 nitrogen and oxygen atoms in total. The van der Waals surface area contributed by atoms with Gasteiger partial charge in [0.15, 0.2) is 0 Å². The Bertz CT molecular complexity index is 632. The molecule has 1 amide bonds. The highest BCUT2D eigenvalue weighted by molar-refractivity contribution is 5.97. The molecule has 24 heavy (non-hydrogen) atoms. The lowest BCUT2D eigenvalue weighted by Crippen LogP contribution is -2.47. The molecule has 0 spiro atoms. The van der Waals surface area contributed by atoms with Crippen molar-refractivity contribution in [3.63, 3.8) is 0 Å². The number of anilines is 1. The number of carbonyl (C=O) groups excluding carboxylic acids is 1. The number of nitrogens with two attached hydrogens (primary N) is 1. The minimum atomic E-state index is -0.484. The van der Waals surface area contributed by atoms with Gasteiger partial charge in [-0.1, -0.05) is 0 Å². The molecule has 4 aliphatic rings. The quantitative estimate of drug-likeness (QED) is 0.768. The van der Waals surface area contributed by atoms with E-state index in [1.54, 1.807) is 6.20 Å². The Hall–Kier alpha value is -1.69. The van der Waals surface area contributed by atoms with Crippen LogP contribution in [-0.2, 0) is 6.42 Å². The zero-order valence-corrected chi connectivity index (χ0v) is 14.1. The SMILES string of the molecule is NC(=O)c1cnc(CC23CCC(O)(CC2)CC3)nc1NC1CCC1. The van der Waals surface area contributed by atoms with Crippen molar-refractivity contribution in [2.24, 2.45) is 11.1 Å². The van der Waals surface area contributed by atoms with Crippen molar-refractivity contribution in [1.82, 2.24) is 9.97 Å². The standard InChI is InChI=1S/C18H26N4O2/c19-15(23)13-11-20-14(22-16(13)21-12-2-1-3-12)10-17-4-7-18(24,8-5-17)9-6-17/h11-12,24H,1-10H2,(H2,19,23)(H,20,21,22). The predicted molar refractivity (Wildman–Crippen MR) is 90.6 cm³/mol. The number of hydrogen-bond donors (Lipinski definition) is 3. The molecule has 4 fully saturated rings. The first-order valence-electron chi connectivity index (χ1n) is 9.12. The molecule has 4 aliphatic carbocycles. The number of aromatic nitrogens is 2.